The average Bonchev–Trinajstić information content (AvgIpc) is 3.67. The molecule has 41 heavy (non-hydrogen) atoms. The molecule has 0 unspecified atom stereocenters. The van der Waals surface area contributed by atoms with Crippen LogP contribution in [-0.2, 0) is 6.18 Å². The minimum absolute atomic E-state index is 0.0667. The van der Waals surface area contributed by atoms with Gasteiger partial charge < -0.3 is 25.3 Å². The number of nitrogens with one attached hydrogen (secondary N) is 3. The summed E-state index contributed by atoms with van der Waals surface area (Å²) in [4.78, 5) is 19.1. The van der Waals surface area contributed by atoms with Gasteiger partial charge in [0.1, 0.15) is 0 Å². The Hall–Kier alpha value is -3.53. The van der Waals surface area contributed by atoms with Gasteiger partial charge >= 0.3 is 6.18 Å². The van der Waals surface area contributed by atoms with E-state index in [1.807, 2.05) is 18.2 Å². The fraction of sp³-hybridized carbons (Fsp3) is 0.484. The second-order valence-corrected chi connectivity index (χ2v) is 11.5. The lowest BCUT2D eigenvalue weighted by Crippen LogP contribution is -2.54. The van der Waals surface area contributed by atoms with Crippen LogP contribution in [0.2, 0.25) is 0 Å². The van der Waals surface area contributed by atoms with Crippen LogP contribution in [0.3, 0.4) is 0 Å². The number of halogens is 3. The van der Waals surface area contributed by atoms with E-state index in [4.69, 9.17) is 4.42 Å². The Morgan fingerprint density at radius 1 is 0.927 bits per heavy atom. The number of rotatable bonds is 8. The van der Waals surface area contributed by atoms with E-state index >= 15 is 0 Å². The topological polar surface area (TPSA) is 82.4 Å². The maximum Gasteiger partial charge on any atom is 0.416 e. The Morgan fingerprint density at radius 2 is 1.71 bits per heavy atom. The number of benzene rings is 2. The number of aromatic nitrogens is 1. The highest BCUT2D eigenvalue weighted by molar-refractivity contribution is 5.95. The van der Waals surface area contributed by atoms with Gasteiger partial charge in [0.2, 0.25) is 0 Å². The van der Waals surface area contributed by atoms with Crippen molar-refractivity contribution in [3.63, 3.8) is 0 Å². The SMILES string of the molecule is O=C(NC1CC1)c1cccc(-c2cnc(N[C@@H]3CCCC[C@H]3N[C@H]3CCCN(c4ccc(C(F)(F)F)cc4)C3)o2)c1. The zero-order chi connectivity index (χ0) is 28.4. The van der Waals surface area contributed by atoms with Crippen molar-refractivity contribution >= 4 is 17.6 Å². The molecule has 1 aromatic heterocycles. The third-order valence-electron chi connectivity index (χ3n) is 8.33. The Kier molecular flexibility index (Phi) is 7.92. The molecule has 2 aliphatic carbocycles. The summed E-state index contributed by atoms with van der Waals surface area (Å²) in [5, 5.41) is 10.4. The predicted molar refractivity (Wildman–Crippen MR) is 152 cm³/mol. The Labute approximate surface area is 237 Å². The van der Waals surface area contributed by atoms with E-state index in [1.54, 1.807) is 24.4 Å². The van der Waals surface area contributed by atoms with Crippen molar-refractivity contribution in [2.24, 2.45) is 0 Å². The molecule has 3 aromatic rings. The van der Waals surface area contributed by atoms with Crippen molar-refractivity contribution in [2.45, 2.75) is 81.7 Å². The van der Waals surface area contributed by atoms with Gasteiger partial charge in [-0.25, -0.2) is 4.98 Å². The molecule has 3 N–H and O–H groups in total. The zero-order valence-corrected chi connectivity index (χ0v) is 22.9. The van der Waals surface area contributed by atoms with Crippen LogP contribution in [0.1, 0.15) is 67.3 Å². The molecule has 2 heterocycles. The number of carbonyl (C=O) groups excluding carboxylic acids is 1. The molecular weight excluding hydrogens is 531 g/mol. The molecule has 3 atom stereocenters. The van der Waals surface area contributed by atoms with Crippen molar-refractivity contribution in [1.82, 2.24) is 15.6 Å². The molecule has 1 aliphatic heterocycles. The van der Waals surface area contributed by atoms with E-state index in [0.717, 1.165) is 87.8 Å². The molecule has 2 aromatic carbocycles. The molecule has 10 heteroatoms. The van der Waals surface area contributed by atoms with Crippen molar-refractivity contribution in [1.29, 1.82) is 0 Å². The highest BCUT2D eigenvalue weighted by Gasteiger charge is 2.32. The van der Waals surface area contributed by atoms with Crippen LogP contribution in [0.4, 0.5) is 24.9 Å². The summed E-state index contributed by atoms with van der Waals surface area (Å²) in [6, 6.07) is 14.2. The maximum absolute atomic E-state index is 13.0. The lowest BCUT2D eigenvalue weighted by molar-refractivity contribution is -0.137. The monoisotopic (exact) mass is 567 g/mol. The van der Waals surface area contributed by atoms with Gasteiger partial charge in [-0.1, -0.05) is 25.0 Å². The van der Waals surface area contributed by atoms with E-state index in [0.29, 0.717) is 23.4 Å². The molecule has 7 nitrogen and oxygen atoms in total. The molecule has 3 aliphatic rings. The van der Waals surface area contributed by atoms with Crippen molar-refractivity contribution in [3.05, 3.63) is 65.9 Å². The molecule has 2 saturated carbocycles. The highest BCUT2D eigenvalue weighted by Crippen LogP contribution is 2.32. The summed E-state index contributed by atoms with van der Waals surface area (Å²) >= 11 is 0. The summed E-state index contributed by atoms with van der Waals surface area (Å²) in [7, 11) is 0. The number of alkyl halides is 3. The first kappa shape index (κ1) is 27.6. The lowest BCUT2D eigenvalue weighted by atomic mass is 9.89. The molecular formula is C31H36F3N5O2. The van der Waals surface area contributed by atoms with Gasteiger partial charge in [-0.3, -0.25) is 4.79 Å². The van der Waals surface area contributed by atoms with Crippen LogP contribution in [-0.4, -0.2) is 48.1 Å². The van der Waals surface area contributed by atoms with Crippen molar-refractivity contribution < 1.29 is 22.4 Å². The zero-order valence-electron chi connectivity index (χ0n) is 22.9. The van der Waals surface area contributed by atoms with Crippen molar-refractivity contribution in [3.8, 4) is 11.3 Å². The number of oxazole rings is 1. The molecule has 1 amide bonds. The number of anilines is 2. The lowest BCUT2D eigenvalue weighted by Gasteiger charge is -2.40. The van der Waals surface area contributed by atoms with Gasteiger partial charge in [0.25, 0.3) is 11.9 Å². The summed E-state index contributed by atoms with van der Waals surface area (Å²) in [5.41, 5.74) is 1.61. The van der Waals surface area contributed by atoms with Gasteiger partial charge in [0.05, 0.1) is 11.8 Å². The van der Waals surface area contributed by atoms with E-state index in [1.165, 1.54) is 0 Å². The first-order valence-corrected chi connectivity index (χ1v) is 14.6. The second-order valence-electron chi connectivity index (χ2n) is 11.5. The van der Waals surface area contributed by atoms with E-state index in [9.17, 15) is 18.0 Å². The first-order valence-electron chi connectivity index (χ1n) is 14.6. The summed E-state index contributed by atoms with van der Waals surface area (Å²) in [6.45, 7) is 1.58. The van der Waals surface area contributed by atoms with Gasteiger partial charge in [0.15, 0.2) is 5.76 Å². The smallest absolute Gasteiger partial charge is 0.416 e. The van der Waals surface area contributed by atoms with Crippen LogP contribution in [0, 0.1) is 0 Å². The van der Waals surface area contributed by atoms with Crippen molar-refractivity contribution in [2.75, 3.05) is 23.3 Å². The van der Waals surface area contributed by atoms with Crippen LogP contribution >= 0.6 is 0 Å². The Bertz CT molecular complexity index is 1340. The van der Waals surface area contributed by atoms with E-state index in [-0.39, 0.29) is 24.0 Å². The molecule has 0 bridgehead atoms. The number of amides is 1. The highest BCUT2D eigenvalue weighted by atomic mass is 19.4. The maximum atomic E-state index is 13.0. The quantitative estimate of drug-likeness (QED) is 0.299. The van der Waals surface area contributed by atoms with Crippen LogP contribution in [0.15, 0.2) is 59.1 Å². The van der Waals surface area contributed by atoms with Gasteiger partial charge in [-0.2, -0.15) is 13.2 Å². The normalized spacial score (nSPS) is 23.3. The fourth-order valence-corrected chi connectivity index (χ4v) is 5.96. The molecule has 6 rings (SSSR count). The minimum Gasteiger partial charge on any atom is -0.424 e. The fourth-order valence-electron chi connectivity index (χ4n) is 5.96. The molecule has 3 fully saturated rings. The largest absolute Gasteiger partial charge is 0.424 e. The second kappa shape index (κ2) is 11.8. The van der Waals surface area contributed by atoms with Crippen LogP contribution in [0.5, 0.6) is 0 Å². The standard InChI is InChI=1S/C31H36F3N5O2/c32-31(33,34)22-10-14-25(15-11-22)39-16-4-7-24(19-39)36-26-8-1-2-9-27(26)38-30-35-18-28(41-30)20-5-3-6-21(17-20)29(40)37-23-12-13-23/h3,5-6,10-11,14-15,17-18,23-24,26-27,36H,1-2,4,7-9,12-13,16,19H2,(H,35,38)(H,37,40)/t24-,26+,27+/m0/s1. The Balaban J connectivity index is 1.07. The van der Waals surface area contributed by atoms with Gasteiger partial charge in [-0.15, -0.1) is 0 Å². The number of carbonyl (C=O) groups is 1. The first-order chi connectivity index (χ1) is 19.8. The number of hydrogen-bond acceptors (Lipinski definition) is 6. The summed E-state index contributed by atoms with van der Waals surface area (Å²) < 4.78 is 45.1. The molecule has 0 spiro atoms. The van der Waals surface area contributed by atoms with Crippen LogP contribution in [0.25, 0.3) is 11.3 Å². The third-order valence-corrected chi connectivity index (χ3v) is 8.33. The average molecular weight is 568 g/mol. The number of piperidine rings is 1. The molecule has 0 radical (unpaired) electrons. The van der Waals surface area contributed by atoms with Crippen LogP contribution < -0.4 is 20.9 Å². The molecule has 1 saturated heterocycles. The third kappa shape index (κ3) is 6.86. The predicted octanol–water partition coefficient (Wildman–Crippen LogP) is 6.23. The number of nitrogens with zero attached hydrogens (tertiary/aromatic N) is 2. The molecule has 218 valence electrons. The summed E-state index contributed by atoms with van der Waals surface area (Å²) in [6.07, 6.45) is 5.71. The van der Waals surface area contributed by atoms with E-state index in [2.05, 4.69) is 25.8 Å². The minimum atomic E-state index is -4.33. The number of hydrogen-bond donors (Lipinski definition) is 3. The van der Waals surface area contributed by atoms with Gasteiger partial charge in [-0.05, 0) is 74.9 Å². The Morgan fingerprint density at radius 3 is 2.46 bits per heavy atom. The summed E-state index contributed by atoms with van der Waals surface area (Å²) in [5.74, 6) is 0.538. The van der Waals surface area contributed by atoms with Gasteiger partial charge in [0, 0.05) is 54.1 Å². The van der Waals surface area contributed by atoms with E-state index < -0.39 is 11.7 Å².